The van der Waals surface area contributed by atoms with Gasteiger partial charge in [-0.1, -0.05) is 48.5 Å². The number of nitrogens with one attached hydrogen (secondary N) is 1. The normalized spacial score (nSPS) is 15.4. The standard InChI is InChI=1S/C20H24N2O2/c21-18(13-15-7-2-1-3-8-15)20(23)22-14-16-9-4-5-12-19(16)24-17-10-6-11-17/h1-5,7-9,12,17-18H,6,10-11,13-14,21H2,(H,22,23)/t18-/m0/s1. The van der Waals surface area contributed by atoms with Crippen LogP contribution in [0, 0.1) is 0 Å². The van der Waals surface area contributed by atoms with E-state index in [9.17, 15) is 4.79 Å². The van der Waals surface area contributed by atoms with Gasteiger partial charge in [-0.15, -0.1) is 0 Å². The second kappa shape index (κ2) is 7.97. The Balaban J connectivity index is 1.54. The number of hydrogen-bond donors (Lipinski definition) is 2. The maximum Gasteiger partial charge on any atom is 0.237 e. The molecule has 0 aromatic heterocycles. The van der Waals surface area contributed by atoms with E-state index in [1.165, 1.54) is 6.42 Å². The zero-order valence-electron chi connectivity index (χ0n) is 13.8. The number of carbonyl (C=O) groups excluding carboxylic acids is 1. The summed E-state index contributed by atoms with van der Waals surface area (Å²) in [5.41, 5.74) is 8.07. The van der Waals surface area contributed by atoms with Crippen molar-refractivity contribution in [2.75, 3.05) is 0 Å². The van der Waals surface area contributed by atoms with E-state index in [2.05, 4.69) is 5.32 Å². The molecule has 2 aromatic carbocycles. The quantitative estimate of drug-likeness (QED) is 0.823. The average molecular weight is 324 g/mol. The molecule has 3 N–H and O–H groups in total. The van der Waals surface area contributed by atoms with E-state index in [0.717, 1.165) is 29.7 Å². The zero-order valence-corrected chi connectivity index (χ0v) is 13.8. The number of benzene rings is 2. The molecule has 126 valence electrons. The van der Waals surface area contributed by atoms with Crippen LogP contribution in [0.2, 0.25) is 0 Å². The molecule has 0 aliphatic heterocycles. The fourth-order valence-electron chi connectivity index (χ4n) is 2.71. The summed E-state index contributed by atoms with van der Waals surface area (Å²) >= 11 is 0. The summed E-state index contributed by atoms with van der Waals surface area (Å²) in [4.78, 5) is 12.2. The van der Waals surface area contributed by atoms with Gasteiger partial charge in [-0.2, -0.15) is 0 Å². The van der Waals surface area contributed by atoms with Crippen molar-refractivity contribution in [2.45, 2.75) is 44.4 Å². The Hall–Kier alpha value is -2.33. The summed E-state index contributed by atoms with van der Waals surface area (Å²) in [6.45, 7) is 0.435. The topological polar surface area (TPSA) is 64.4 Å². The Kier molecular flexibility index (Phi) is 5.49. The zero-order chi connectivity index (χ0) is 16.8. The molecule has 1 fully saturated rings. The van der Waals surface area contributed by atoms with Gasteiger partial charge in [0.2, 0.25) is 5.91 Å². The first-order valence-corrected chi connectivity index (χ1v) is 8.54. The van der Waals surface area contributed by atoms with E-state index >= 15 is 0 Å². The Morgan fingerprint density at radius 2 is 1.83 bits per heavy atom. The smallest absolute Gasteiger partial charge is 0.237 e. The molecule has 1 aliphatic carbocycles. The largest absolute Gasteiger partial charge is 0.490 e. The summed E-state index contributed by atoms with van der Waals surface area (Å²) in [5, 5.41) is 2.92. The van der Waals surface area contributed by atoms with Gasteiger partial charge in [0, 0.05) is 12.1 Å². The Morgan fingerprint density at radius 3 is 2.54 bits per heavy atom. The highest BCUT2D eigenvalue weighted by molar-refractivity contribution is 5.81. The van der Waals surface area contributed by atoms with Crippen molar-refractivity contribution < 1.29 is 9.53 Å². The van der Waals surface area contributed by atoms with Crippen molar-refractivity contribution in [3.05, 3.63) is 65.7 Å². The summed E-state index contributed by atoms with van der Waals surface area (Å²) in [5.74, 6) is 0.719. The van der Waals surface area contributed by atoms with Crippen molar-refractivity contribution in [1.82, 2.24) is 5.32 Å². The highest BCUT2D eigenvalue weighted by Crippen LogP contribution is 2.27. The lowest BCUT2D eigenvalue weighted by molar-refractivity contribution is -0.122. The Labute approximate surface area is 143 Å². The minimum absolute atomic E-state index is 0.141. The molecule has 0 bridgehead atoms. The highest BCUT2D eigenvalue weighted by Gasteiger charge is 2.20. The van der Waals surface area contributed by atoms with E-state index < -0.39 is 6.04 Å². The summed E-state index contributed by atoms with van der Waals surface area (Å²) < 4.78 is 5.99. The van der Waals surface area contributed by atoms with Gasteiger partial charge in [0.15, 0.2) is 0 Å². The van der Waals surface area contributed by atoms with E-state index in [1.54, 1.807) is 0 Å². The van der Waals surface area contributed by atoms with Gasteiger partial charge in [0.05, 0.1) is 12.1 Å². The predicted molar refractivity (Wildman–Crippen MR) is 94.7 cm³/mol. The third-order valence-electron chi connectivity index (χ3n) is 4.41. The van der Waals surface area contributed by atoms with Crippen molar-refractivity contribution in [3.8, 4) is 5.75 Å². The highest BCUT2D eigenvalue weighted by atomic mass is 16.5. The van der Waals surface area contributed by atoms with Gasteiger partial charge in [-0.25, -0.2) is 0 Å². The minimum Gasteiger partial charge on any atom is -0.490 e. The number of hydrogen-bond acceptors (Lipinski definition) is 3. The molecule has 0 saturated heterocycles. The second-order valence-electron chi connectivity index (χ2n) is 6.29. The molecule has 0 unspecified atom stereocenters. The lowest BCUT2D eigenvalue weighted by Crippen LogP contribution is -2.41. The molecule has 2 aromatic rings. The molecule has 1 atom stereocenters. The minimum atomic E-state index is -0.549. The van der Waals surface area contributed by atoms with Crippen LogP contribution in [0.3, 0.4) is 0 Å². The molecule has 0 radical (unpaired) electrons. The van der Waals surface area contributed by atoms with Crippen molar-refractivity contribution in [2.24, 2.45) is 5.73 Å². The van der Waals surface area contributed by atoms with Crippen LogP contribution < -0.4 is 15.8 Å². The molecule has 4 heteroatoms. The number of amides is 1. The maximum atomic E-state index is 12.2. The van der Waals surface area contributed by atoms with E-state index in [-0.39, 0.29) is 5.91 Å². The summed E-state index contributed by atoms with van der Waals surface area (Å²) in [6, 6.07) is 17.1. The van der Waals surface area contributed by atoms with Crippen LogP contribution >= 0.6 is 0 Å². The number of para-hydroxylation sites is 1. The SMILES string of the molecule is N[C@@H](Cc1ccccc1)C(=O)NCc1ccccc1OC1CCC1. The molecule has 24 heavy (non-hydrogen) atoms. The maximum absolute atomic E-state index is 12.2. The summed E-state index contributed by atoms with van der Waals surface area (Å²) in [6.07, 6.45) is 4.32. The first kappa shape index (κ1) is 16.5. The number of rotatable bonds is 7. The second-order valence-corrected chi connectivity index (χ2v) is 6.29. The van der Waals surface area contributed by atoms with Gasteiger partial charge in [0.1, 0.15) is 5.75 Å². The molecular formula is C20H24N2O2. The first-order valence-electron chi connectivity index (χ1n) is 8.54. The lowest BCUT2D eigenvalue weighted by atomic mass is 9.96. The fourth-order valence-corrected chi connectivity index (χ4v) is 2.71. The van der Waals surface area contributed by atoms with Gasteiger partial charge in [0.25, 0.3) is 0 Å². The number of nitrogens with two attached hydrogens (primary N) is 1. The first-order chi connectivity index (χ1) is 11.7. The van der Waals surface area contributed by atoms with Gasteiger partial charge < -0.3 is 15.8 Å². The van der Waals surface area contributed by atoms with Crippen molar-refractivity contribution >= 4 is 5.91 Å². The lowest BCUT2D eigenvalue weighted by Gasteiger charge is -2.27. The summed E-state index contributed by atoms with van der Waals surface area (Å²) in [7, 11) is 0. The van der Waals surface area contributed by atoms with Crippen molar-refractivity contribution in [3.63, 3.8) is 0 Å². The number of ether oxygens (including phenoxy) is 1. The fraction of sp³-hybridized carbons (Fsp3) is 0.350. The molecule has 1 saturated carbocycles. The third kappa shape index (κ3) is 4.36. The molecule has 4 nitrogen and oxygen atoms in total. The van der Waals surface area contributed by atoms with Crippen molar-refractivity contribution in [1.29, 1.82) is 0 Å². The van der Waals surface area contributed by atoms with Crippen LogP contribution in [0.4, 0.5) is 0 Å². The molecule has 0 heterocycles. The molecule has 1 aliphatic rings. The van der Waals surface area contributed by atoms with E-state index in [4.69, 9.17) is 10.5 Å². The van der Waals surface area contributed by atoms with E-state index in [0.29, 0.717) is 19.1 Å². The predicted octanol–water partition coefficient (Wildman–Crippen LogP) is 2.80. The molecule has 1 amide bonds. The monoisotopic (exact) mass is 324 g/mol. The molecule has 3 rings (SSSR count). The van der Waals surface area contributed by atoms with Gasteiger partial charge >= 0.3 is 0 Å². The Bertz CT molecular complexity index is 668. The van der Waals surface area contributed by atoms with E-state index in [1.807, 2.05) is 54.6 Å². The van der Waals surface area contributed by atoms with Crippen LogP contribution in [0.1, 0.15) is 30.4 Å². The van der Waals surface area contributed by atoms with Crippen LogP contribution in [-0.2, 0) is 17.8 Å². The average Bonchev–Trinajstić information content (AvgIpc) is 2.57. The van der Waals surface area contributed by atoms with Gasteiger partial charge in [-0.05, 0) is 37.3 Å². The van der Waals surface area contributed by atoms with Crippen LogP contribution in [0.25, 0.3) is 0 Å². The molecule has 0 spiro atoms. The van der Waals surface area contributed by atoms with Crippen LogP contribution in [0.15, 0.2) is 54.6 Å². The third-order valence-corrected chi connectivity index (χ3v) is 4.41. The van der Waals surface area contributed by atoms with Gasteiger partial charge in [-0.3, -0.25) is 4.79 Å². The Morgan fingerprint density at radius 1 is 1.12 bits per heavy atom. The number of carbonyl (C=O) groups is 1. The molecular weight excluding hydrogens is 300 g/mol. The van der Waals surface area contributed by atoms with Crippen LogP contribution in [0.5, 0.6) is 5.75 Å². The van der Waals surface area contributed by atoms with Crippen LogP contribution in [-0.4, -0.2) is 18.1 Å².